The van der Waals surface area contributed by atoms with E-state index in [0.29, 0.717) is 11.0 Å². The number of hydrogen-bond donors (Lipinski definition) is 1. The summed E-state index contributed by atoms with van der Waals surface area (Å²) in [5.41, 5.74) is 5.83. The van der Waals surface area contributed by atoms with E-state index in [2.05, 4.69) is 20.0 Å². The van der Waals surface area contributed by atoms with Gasteiger partial charge in [-0.1, -0.05) is 5.11 Å². The maximum atomic E-state index is 14.4. The molecule has 0 bridgehead atoms. The van der Waals surface area contributed by atoms with Crippen molar-refractivity contribution in [1.29, 1.82) is 0 Å². The number of piperazine rings is 1. The summed E-state index contributed by atoms with van der Waals surface area (Å²) in [5, 5.41) is 3.03. The van der Waals surface area contributed by atoms with Crippen LogP contribution in [0, 0.1) is 23.3 Å². The van der Waals surface area contributed by atoms with Gasteiger partial charge in [-0.15, -0.1) is 0 Å². The van der Waals surface area contributed by atoms with Gasteiger partial charge in [-0.25, -0.2) is 22.5 Å². The van der Waals surface area contributed by atoms with Gasteiger partial charge in [-0.3, -0.25) is 14.4 Å². The number of H-pyrrole nitrogens is 1. The van der Waals surface area contributed by atoms with E-state index in [1.165, 1.54) is 24.2 Å². The molecule has 0 radical (unpaired) electrons. The Morgan fingerprint density at radius 3 is 2.46 bits per heavy atom. The predicted molar refractivity (Wildman–Crippen MR) is 113 cm³/mol. The van der Waals surface area contributed by atoms with Gasteiger partial charge in [0.2, 0.25) is 0 Å². The molecule has 1 saturated heterocycles. The van der Waals surface area contributed by atoms with Gasteiger partial charge >= 0.3 is 0 Å². The zero-order valence-corrected chi connectivity index (χ0v) is 17.9. The number of ketones is 1. The summed E-state index contributed by atoms with van der Waals surface area (Å²) in [6.07, 6.45) is 2.87. The van der Waals surface area contributed by atoms with Crippen LogP contribution in [0.4, 0.5) is 23.2 Å². The Bertz CT molecular complexity index is 1400. The van der Waals surface area contributed by atoms with E-state index < -0.39 is 58.2 Å². The first-order valence-electron chi connectivity index (χ1n) is 10.1. The topological polar surface area (TPSA) is 135 Å². The Hall–Kier alpha value is -4.45. The summed E-state index contributed by atoms with van der Waals surface area (Å²) in [4.78, 5) is 49.5. The second-order valence-electron chi connectivity index (χ2n) is 7.70. The molecule has 2 aromatic heterocycles. The SMILES string of the molecule is C[C@@H]1CN(C(=O)c2c(F)c(F)c(N=[N+]=[N-])c(F)c2F)CCN1C(=O)C(=O)c1c[nH]c2ncccc12. The third-order valence-corrected chi connectivity index (χ3v) is 5.66. The van der Waals surface area contributed by atoms with Crippen LogP contribution >= 0.6 is 0 Å². The van der Waals surface area contributed by atoms with Crippen molar-refractivity contribution in [3.05, 3.63) is 69.4 Å². The number of nitrogens with zero attached hydrogens (tertiary/aromatic N) is 6. The Balaban J connectivity index is 1.54. The highest BCUT2D eigenvalue weighted by Crippen LogP contribution is 2.31. The average molecular weight is 489 g/mol. The lowest BCUT2D eigenvalue weighted by atomic mass is 10.1. The largest absolute Gasteiger partial charge is 0.345 e. The second kappa shape index (κ2) is 9.06. The number of aromatic nitrogens is 2. The molecule has 4 rings (SSSR count). The van der Waals surface area contributed by atoms with Crippen LogP contribution in [0.3, 0.4) is 0 Å². The molecule has 3 aromatic rings. The number of azide groups is 1. The third-order valence-electron chi connectivity index (χ3n) is 5.66. The van der Waals surface area contributed by atoms with Crippen molar-refractivity contribution in [3.63, 3.8) is 0 Å². The monoisotopic (exact) mass is 489 g/mol. The van der Waals surface area contributed by atoms with E-state index in [4.69, 9.17) is 5.53 Å². The number of carbonyl (C=O) groups excluding carboxylic acids is 3. The molecule has 14 heteroatoms. The first kappa shape index (κ1) is 23.7. The summed E-state index contributed by atoms with van der Waals surface area (Å²) < 4.78 is 57.0. The summed E-state index contributed by atoms with van der Waals surface area (Å²) >= 11 is 0. The van der Waals surface area contributed by atoms with Gasteiger partial charge in [0.05, 0.1) is 5.56 Å². The molecule has 1 atom stereocenters. The number of halogens is 4. The maximum Gasteiger partial charge on any atom is 0.295 e. The van der Waals surface area contributed by atoms with Crippen LogP contribution in [-0.4, -0.2) is 63.0 Å². The first-order chi connectivity index (χ1) is 16.7. The molecule has 3 heterocycles. The zero-order valence-electron chi connectivity index (χ0n) is 17.9. The molecule has 1 aliphatic heterocycles. The highest BCUT2D eigenvalue weighted by molar-refractivity contribution is 6.44. The molecule has 35 heavy (non-hydrogen) atoms. The molecule has 1 aromatic carbocycles. The van der Waals surface area contributed by atoms with Crippen LogP contribution in [0.1, 0.15) is 27.6 Å². The van der Waals surface area contributed by atoms with Crippen LogP contribution in [0.15, 0.2) is 29.6 Å². The van der Waals surface area contributed by atoms with Gasteiger partial charge in [0.15, 0.2) is 23.3 Å². The van der Waals surface area contributed by atoms with Gasteiger partial charge in [0.1, 0.15) is 16.9 Å². The average Bonchev–Trinajstić information content (AvgIpc) is 3.28. The number of fused-ring (bicyclic) bond motifs is 1. The number of benzene rings is 1. The number of Topliss-reactive ketones (excluding diaryl/α,β-unsaturated/α-hetero) is 1. The normalized spacial score (nSPS) is 15.7. The molecule has 0 spiro atoms. The van der Waals surface area contributed by atoms with E-state index in [-0.39, 0.29) is 25.2 Å². The maximum absolute atomic E-state index is 14.4. The minimum atomic E-state index is -2.01. The van der Waals surface area contributed by atoms with Crippen LogP contribution < -0.4 is 0 Å². The highest BCUT2D eigenvalue weighted by atomic mass is 19.2. The fourth-order valence-corrected chi connectivity index (χ4v) is 3.93. The van der Waals surface area contributed by atoms with Crippen LogP contribution in [0.2, 0.25) is 0 Å². The smallest absolute Gasteiger partial charge is 0.295 e. The predicted octanol–water partition coefficient (Wildman–Crippen LogP) is 3.62. The summed E-state index contributed by atoms with van der Waals surface area (Å²) in [7, 11) is 0. The standard InChI is InChI=1S/C21H15F4N7O3/c1-9-8-31(20(34)12-13(22)15(24)17(29-30-26)16(25)14(12)23)5-6-32(9)21(35)18(33)11-7-28-19-10(11)3-2-4-27-19/h2-4,7,9H,5-6,8H2,1H3,(H,27,28)/t9-/m1/s1. The molecule has 0 aliphatic carbocycles. The van der Waals surface area contributed by atoms with Crippen molar-refractivity contribution in [3.8, 4) is 0 Å². The van der Waals surface area contributed by atoms with Crippen molar-refractivity contribution < 1.29 is 31.9 Å². The number of amides is 2. The van der Waals surface area contributed by atoms with Crippen LogP contribution in [0.25, 0.3) is 21.5 Å². The molecule has 0 saturated carbocycles. The number of pyridine rings is 1. The second-order valence-corrected chi connectivity index (χ2v) is 7.70. The Labute approximate surface area is 193 Å². The summed E-state index contributed by atoms with van der Waals surface area (Å²) in [6.45, 7) is 0.786. The van der Waals surface area contributed by atoms with Crippen LogP contribution in [0.5, 0.6) is 0 Å². The quantitative estimate of drug-likeness (QED) is 0.114. The fraction of sp³-hybridized carbons (Fsp3) is 0.238. The van der Waals surface area contributed by atoms with Gasteiger partial charge in [0, 0.05) is 48.4 Å². The molecule has 1 N–H and O–H groups in total. The van der Waals surface area contributed by atoms with E-state index in [1.54, 1.807) is 12.1 Å². The Kier molecular flexibility index (Phi) is 6.14. The Morgan fingerprint density at radius 2 is 1.83 bits per heavy atom. The minimum absolute atomic E-state index is 0.110. The van der Waals surface area contributed by atoms with E-state index in [1.807, 2.05) is 0 Å². The van der Waals surface area contributed by atoms with Gasteiger partial charge < -0.3 is 14.8 Å². The van der Waals surface area contributed by atoms with Crippen molar-refractivity contribution in [2.75, 3.05) is 19.6 Å². The number of carbonyl (C=O) groups is 3. The third kappa shape index (κ3) is 3.93. The number of rotatable bonds is 4. The minimum Gasteiger partial charge on any atom is -0.345 e. The van der Waals surface area contributed by atoms with Crippen molar-refractivity contribution in [2.24, 2.45) is 5.11 Å². The molecule has 0 unspecified atom stereocenters. The van der Waals surface area contributed by atoms with Gasteiger partial charge in [0.25, 0.3) is 17.6 Å². The molecule has 1 aliphatic rings. The lowest BCUT2D eigenvalue weighted by Gasteiger charge is -2.39. The first-order valence-corrected chi connectivity index (χ1v) is 10.1. The van der Waals surface area contributed by atoms with Gasteiger partial charge in [-0.2, -0.15) is 0 Å². The molecule has 1 fully saturated rings. The van der Waals surface area contributed by atoms with Crippen molar-refractivity contribution in [1.82, 2.24) is 19.8 Å². The van der Waals surface area contributed by atoms with E-state index in [0.717, 1.165) is 4.90 Å². The van der Waals surface area contributed by atoms with E-state index in [9.17, 15) is 31.9 Å². The number of hydrogen-bond acceptors (Lipinski definition) is 5. The summed E-state index contributed by atoms with van der Waals surface area (Å²) in [5.74, 6) is -11.1. The zero-order chi connectivity index (χ0) is 25.4. The van der Waals surface area contributed by atoms with Crippen molar-refractivity contribution >= 4 is 34.3 Å². The molecule has 180 valence electrons. The summed E-state index contributed by atoms with van der Waals surface area (Å²) in [6, 6.07) is 2.46. The van der Waals surface area contributed by atoms with Crippen molar-refractivity contribution in [2.45, 2.75) is 13.0 Å². The fourth-order valence-electron chi connectivity index (χ4n) is 3.93. The Morgan fingerprint density at radius 1 is 1.14 bits per heavy atom. The molecule has 2 amide bonds. The number of aromatic amines is 1. The highest BCUT2D eigenvalue weighted by Gasteiger charge is 2.37. The van der Waals surface area contributed by atoms with Crippen LogP contribution in [-0.2, 0) is 4.79 Å². The lowest BCUT2D eigenvalue weighted by molar-refractivity contribution is -0.130. The van der Waals surface area contributed by atoms with E-state index >= 15 is 0 Å². The molecular weight excluding hydrogens is 474 g/mol. The lowest BCUT2D eigenvalue weighted by Crippen LogP contribution is -2.57. The van der Waals surface area contributed by atoms with Gasteiger partial charge in [-0.05, 0) is 24.6 Å². The number of nitrogens with one attached hydrogen (secondary N) is 1. The molecule has 10 nitrogen and oxygen atoms in total. The molecular formula is C21H15F4N7O3.